The van der Waals surface area contributed by atoms with Gasteiger partial charge in [-0.2, -0.15) is 0 Å². The average molecular weight is 417 g/mol. The van der Waals surface area contributed by atoms with Gasteiger partial charge in [-0.05, 0) is 30.7 Å². The monoisotopic (exact) mass is 416 g/mol. The van der Waals surface area contributed by atoms with Crippen LogP contribution in [0.15, 0.2) is 52.3 Å². The Kier molecular flexibility index (Phi) is 5.50. The number of aromatic carboxylic acids is 1. The summed E-state index contributed by atoms with van der Waals surface area (Å²) < 4.78 is 7.00. The number of carbonyl (C=O) groups excluding carboxylic acids is 1. The minimum atomic E-state index is -1.25. The summed E-state index contributed by atoms with van der Waals surface area (Å²) in [5, 5.41) is 13.1. The molecule has 25 heavy (non-hydrogen) atoms. The zero-order valence-corrected chi connectivity index (χ0v) is 15.9. The van der Waals surface area contributed by atoms with E-state index in [1.807, 2.05) is 49.4 Å². The highest BCUT2D eigenvalue weighted by Crippen LogP contribution is 2.25. The van der Waals surface area contributed by atoms with Crippen LogP contribution in [0.25, 0.3) is 0 Å². The highest BCUT2D eigenvalue weighted by molar-refractivity contribution is 9.10. The van der Waals surface area contributed by atoms with Crippen LogP contribution in [0.1, 0.15) is 32.2 Å². The molecule has 0 unspecified atom stereocenters. The molecule has 3 aromatic rings. The fraction of sp³-hybridized carbons (Fsp3) is 0.158. The maximum atomic E-state index is 10.9. The molecule has 128 valence electrons. The van der Waals surface area contributed by atoms with Gasteiger partial charge in [0, 0.05) is 21.8 Å². The van der Waals surface area contributed by atoms with Crippen molar-refractivity contribution < 1.29 is 14.6 Å². The summed E-state index contributed by atoms with van der Waals surface area (Å²) in [6, 6.07) is 13.9. The second-order valence-electron chi connectivity index (χ2n) is 5.62. The zero-order chi connectivity index (χ0) is 17.8. The first-order chi connectivity index (χ1) is 12.0. The first-order valence-corrected chi connectivity index (χ1v) is 9.31. The van der Waals surface area contributed by atoms with Crippen LogP contribution in [0.2, 0.25) is 0 Å². The quantitative estimate of drug-likeness (QED) is 0.613. The van der Waals surface area contributed by atoms with Crippen molar-refractivity contribution in [3.63, 3.8) is 0 Å². The van der Waals surface area contributed by atoms with Crippen molar-refractivity contribution in [2.24, 2.45) is 0 Å². The van der Waals surface area contributed by atoms with E-state index in [2.05, 4.69) is 20.9 Å². The number of aryl methyl sites for hydroxylation is 1. The lowest BCUT2D eigenvalue weighted by Crippen LogP contribution is -2.22. The minimum Gasteiger partial charge on any atom is -0.543 e. The zero-order valence-electron chi connectivity index (χ0n) is 13.5. The fourth-order valence-electron chi connectivity index (χ4n) is 2.38. The van der Waals surface area contributed by atoms with Gasteiger partial charge < -0.3 is 14.6 Å². The standard InChI is InChI=1S/C19H16BrNO3S/c1-12-2-7-17(24-10-13-3-5-15(20)6-4-13)14(8-12)9-18-21-16(11-25-18)19(22)23/h2-8,11H,9-10H2,1H3,(H,22,23)/p-1. The van der Waals surface area contributed by atoms with Crippen LogP contribution in [-0.4, -0.2) is 11.0 Å². The molecule has 0 aliphatic heterocycles. The third-order valence-electron chi connectivity index (χ3n) is 3.63. The molecule has 0 radical (unpaired) electrons. The number of hydrogen-bond donors (Lipinski definition) is 0. The van der Waals surface area contributed by atoms with Gasteiger partial charge in [0.1, 0.15) is 12.4 Å². The molecule has 1 aromatic heterocycles. The summed E-state index contributed by atoms with van der Waals surface area (Å²) in [5.41, 5.74) is 3.15. The molecule has 6 heteroatoms. The van der Waals surface area contributed by atoms with E-state index < -0.39 is 5.97 Å². The average Bonchev–Trinajstić information content (AvgIpc) is 3.04. The molecule has 1 heterocycles. The van der Waals surface area contributed by atoms with Crippen molar-refractivity contribution in [2.45, 2.75) is 20.0 Å². The smallest absolute Gasteiger partial charge is 0.123 e. The van der Waals surface area contributed by atoms with E-state index in [0.29, 0.717) is 13.0 Å². The number of halogens is 1. The summed E-state index contributed by atoms with van der Waals surface area (Å²) in [6.45, 7) is 2.47. The number of carboxylic acids is 1. The number of benzene rings is 2. The van der Waals surface area contributed by atoms with Gasteiger partial charge in [-0.15, -0.1) is 11.3 Å². The molecule has 0 saturated carbocycles. The van der Waals surface area contributed by atoms with Gasteiger partial charge in [0.15, 0.2) is 0 Å². The van der Waals surface area contributed by atoms with Gasteiger partial charge >= 0.3 is 0 Å². The summed E-state index contributed by atoms with van der Waals surface area (Å²) in [4.78, 5) is 15.0. The van der Waals surface area contributed by atoms with E-state index in [9.17, 15) is 9.90 Å². The fourth-order valence-corrected chi connectivity index (χ4v) is 3.43. The first-order valence-electron chi connectivity index (χ1n) is 7.64. The largest absolute Gasteiger partial charge is 0.543 e. The SMILES string of the molecule is Cc1ccc(OCc2ccc(Br)cc2)c(Cc2nc(C(=O)[O-])cs2)c1. The van der Waals surface area contributed by atoms with Crippen LogP contribution in [0, 0.1) is 6.92 Å². The van der Waals surface area contributed by atoms with Crippen LogP contribution in [0.3, 0.4) is 0 Å². The number of thiazole rings is 1. The van der Waals surface area contributed by atoms with Crippen molar-refractivity contribution in [1.29, 1.82) is 0 Å². The highest BCUT2D eigenvalue weighted by atomic mass is 79.9. The molecule has 2 aromatic carbocycles. The van der Waals surface area contributed by atoms with Crippen molar-refractivity contribution in [3.8, 4) is 5.75 Å². The van der Waals surface area contributed by atoms with Gasteiger partial charge in [0.25, 0.3) is 0 Å². The number of aromatic nitrogens is 1. The van der Waals surface area contributed by atoms with Crippen LogP contribution >= 0.6 is 27.3 Å². The second-order valence-corrected chi connectivity index (χ2v) is 7.48. The molecule has 0 atom stereocenters. The molecular weight excluding hydrogens is 402 g/mol. The number of nitrogens with zero attached hydrogens (tertiary/aromatic N) is 1. The molecule has 0 aliphatic carbocycles. The van der Waals surface area contributed by atoms with Crippen molar-refractivity contribution in [2.75, 3.05) is 0 Å². The summed E-state index contributed by atoms with van der Waals surface area (Å²) in [7, 11) is 0. The lowest BCUT2D eigenvalue weighted by Gasteiger charge is -2.12. The molecular formula is C19H15BrNO3S-. The summed E-state index contributed by atoms with van der Waals surface area (Å²) in [6.07, 6.45) is 0.523. The summed E-state index contributed by atoms with van der Waals surface area (Å²) in [5.74, 6) is -0.475. The molecule has 0 N–H and O–H groups in total. The maximum Gasteiger partial charge on any atom is 0.123 e. The predicted molar refractivity (Wildman–Crippen MR) is 98.9 cm³/mol. The summed E-state index contributed by atoms with van der Waals surface area (Å²) >= 11 is 4.73. The Labute approximate surface area is 158 Å². The van der Waals surface area contributed by atoms with Gasteiger partial charge in [-0.3, -0.25) is 0 Å². The molecule has 0 saturated heterocycles. The lowest BCUT2D eigenvalue weighted by atomic mass is 10.1. The second kappa shape index (κ2) is 7.80. The van der Waals surface area contributed by atoms with Crippen molar-refractivity contribution in [1.82, 2.24) is 4.98 Å². The highest BCUT2D eigenvalue weighted by Gasteiger charge is 2.10. The van der Waals surface area contributed by atoms with Gasteiger partial charge in [-0.25, -0.2) is 4.98 Å². The van der Waals surface area contributed by atoms with E-state index in [-0.39, 0.29) is 5.69 Å². The molecule has 4 nitrogen and oxygen atoms in total. The number of rotatable bonds is 6. The van der Waals surface area contributed by atoms with Crippen molar-refractivity contribution in [3.05, 3.63) is 79.7 Å². The number of carboxylic acid groups (broad SMARTS) is 1. The Morgan fingerprint density at radius 2 is 2.00 bits per heavy atom. The number of ether oxygens (including phenoxy) is 1. The van der Waals surface area contributed by atoms with Crippen LogP contribution in [0.5, 0.6) is 5.75 Å². The third kappa shape index (κ3) is 4.67. The van der Waals surface area contributed by atoms with Gasteiger partial charge in [0.2, 0.25) is 0 Å². The van der Waals surface area contributed by atoms with Gasteiger partial charge in [-0.1, -0.05) is 45.8 Å². The molecule has 0 amide bonds. The molecule has 0 aliphatic rings. The molecule has 0 fully saturated rings. The van der Waals surface area contributed by atoms with Crippen LogP contribution < -0.4 is 9.84 Å². The van der Waals surface area contributed by atoms with E-state index in [4.69, 9.17) is 4.74 Å². The first kappa shape index (κ1) is 17.6. The van der Waals surface area contributed by atoms with E-state index in [0.717, 1.165) is 31.9 Å². The number of hydrogen-bond acceptors (Lipinski definition) is 5. The third-order valence-corrected chi connectivity index (χ3v) is 5.00. The number of carbonyl (C=O) groups is 1. The minimum absolute atomic E-state index is 0.0232. The maximum absolute atomic E-state index is 10.9. The molecule has 0 bridgehead atoms. The Hall–Kier alpha value is -2.18. The Morgan fingerprint density at radius 1 is 1.24 bits per heavy atom. The van der Waals surface area contributed by atoms with Gasteiger partial charge in [0.05, 0.1) is 16.7 Å². The molecule has 0 spiro atoms. The normalized spacial score (nSPS) is 10.6. The topological polar surface area (TPSA) is 62.2 Å². The van der Waals surface area contributed by atoms with Crippen molar-refractivity contribution >= 4 is 33.2 Å². The Balaban J connectivity index is 1.77. The molecule has 3 rings (SSSR count). The predicted octanol–water partition coefficient (Wildman–Crippen LogP) is 3.75. The van der Waals surface area contributed by atoms with E-state index in [1.54, 1.807) is 0 Å². The Morgan fingerprint density at radius 3 is 2.68 bits per heavy atom. The van der Waals surface area contributed by atoms with Crippen LogP contribution in [0.4, 0.5) is 0 Å². The van der Waals surface area contributed by atoms with E-state index in [1.165, 1.54) is 16.7 Å². The van der Waals surface area contributed by atoms with Crippen LogP contribution in [-0.2, 0) is 13.0 Å². The van der Waals surface area contributed by atoms with E-state index >= 15 is 0 Å². The lowest BCUT2D eigenvalue weighted by molar-refractivity contribution is -0.255. The Bertz CT molecular complexity index is 890.